The molecule has 0 amide bonds. The van der Waals surface area contributed by atoms with Gasteiger partial charge >= 0.3 is 0 Å². The molecule has 1 saturated heterocycles. The van der Waals surface area contributed by atoms with Crippen molar-refractivity contribution >= 4 is 0 Å². The summed E-state index contributed by atoms with van der Waals surface area (Å²) in [6.07, 6.45) is 7.46. The van der Waals surface area contributed by atoms with Crippen LogP contribution in [-0.4, -0.2) is 44.6 Å². The van der Waals surface area contributed by atoms with Crippen LogP contribution in [0.2, 0.25) is 0 Å². The lowest BCUT2D eigenvalue weighted by Crippen LogP contribution is -2.27. The molecule has 23 heavy (non-hydrogen) atoms. The number of likely N-dealkylation sites (tertiary alicyclic amines) is 1. The number of hydrogen-bond donors (Lipinski definition) is 0. The maximum atomic E-state index is 5.60. The van der Waals surface area contributed by atoms with Gasteiger partial charge in [-0.15, -0.1) is 10.2 Å². The van der Waals surface area contributed by atoms with Gasteiger partial charge in [0, 0.05) is 39.2 Å². The Labute approximate surface area is 135 Å². The van der Waals surface area contributed by atoms with Crippen molar-refractivity contribution in [2.75, 3.05) is 13.7 Å². The van der Waals surface area contributed by atoms with Gasteiger partial charge in [0.05, 0.1) is 12.1 Å². The third kappa shape index (κ3) is 2.68. The van der Waals surface area contributed by atoms with Crippen molar-refractivity contribution in [1.29, 1.82) is 0 Å². The van der Waals surface area contributed by atoms with Crippen LogP contribution in [0.25, 0.3) is 0 Å². The van der Waals surface area contributed by atoms with Gasteiger partial charge in [0.25, 0.3) is 0 Å². The number of methoxy groups -OCH3 is 1. The van der Waals surface area contributed by atoms with Crippen LogP contribution < -0.4 is 0 Å². The minimum Gasteiger partial charge on any atom is -0.380 e. The molecule has 1 aliphatic carbocycles. The van der Waals surface area contributed by atoms with Crippen LogP contribution in [-0.2, 0) is 31.2 Å². The minimum absolute atomic E-state index is 0.211. The lowest BCUT2D eigenvalue weighted by Gasteiger charge is -2.22. The van der Waals surface area contributed by atoms with Crippen LogP contribution in [0.1, 0.15) is 48.1 Å². The minimum atomic E-state index is 0.211. The fourth-order valence-corrected chi connectivity index (χ4v) is 3.84. The molecule has 4 rings (SSSR count). The maximum Gasteiger partial charge on any atom is 0.150 e. The number of nitrogens with zero attached hydrogens (tertiary/aromatic N) is 5. The van der Waals surface area contributed by atoms with Crippen LogP contribution in [0.5, 0.6) is 0 Å². The van der Waals surface area contributed by atoms with Gasteiger partial charge in [0.1, 0.15) is 23.6 Å². The monoisotopic (exact) mass is 317 g/mol. The summed E-state index contributed by atoms with van der Waals surface area (Å²) < 4.78 is 13.2. The molecule has 7 heteroatoms. The van der Waals surface area contributed by atoms with Crippen LogP contribution >= 0.6 is 0 Å². The summed E-state index contributed by atoms with van der Waals surface area (Å²) >= 11 is 0. The number of aryl methyl sites for hydroxylation is 2. The van der Waals surface area contributed by atoms with Crippen molar-refractivity contribution in [3.05, 3.63) is 29.2 Å². The van der Waals surface area contributed by atoms with E-state index in [1.165, 1.54) is 18.4 Å². The second-order valence-electron chi connectivity index (χ2n) is 6.58. The summed E-state index contributed by atoms with van der Waals surface area (Å²) in [6, 6.07) is 0.211. The van der Waals surface area contributed by atoms with Crippen molar-refractivity contribution < 1.29 is 9.26 Å². The Balaban J connectivity index is 1.58. The Morgan fingerprint density at radius 1 is 1.35 bits per heavy atom. The largest absolute Gasteiger partial charge is 0.380 e. The Hall–Kier alpha value is -1.73. The summed E-state index contributed by atoms with van der Waals surface area (Å²) in [5.41, 5.74) is 2.41. The van der Waals surface area contributed by atoms with Crippen LogP contribution in [0.4, 0.5) is 0 Å². The molecule has 0 radical (unpaired) electrons. The number of aromatic nitrogens is 4. The summed E-state index contributed by atoms with van der Waals surface area (Å²) in [6.45, 7) is 1.67. The maximum absolute atomic E-state index is 5.60. The zero-order valence-corrected chi connectivity index (χ0v) is 13.7. The quantitative estimate of drug-likeness (QED) is 0.854. The Morgan fingerprint density at radius 3 is 3.00 bits per heavy atom. The van der Waals surface area contributed by atoms with Crippen LogP contribution in [0.15, 0.2) is 10.9 Å². The molecule has 0 unspecified atom stereocenters. The first kappa shape index (κ1) is 14.8. The first-order chi connectivity index (χ1) is 11.3. The number of hydrogen-bond acceptors (Lipinski definition) is 6. The fraction of sp³-hybridized carbons (Fsp3) is 0.688. The molecule has 0 spiro atoms. The van der Waals surface area contributed by atoms with E-state index in [1.54, 1.807) is 13.4 Å². The van der Waals surface area contributed by atoms with Crippen molar-refractivity contribution in [3.63, 3.8) is 0 Å². The summed E-state index contributed by atoms with van der Waals surface area (Å²) in [5.74, 6) is 2.07. The molecule has 7 nitrogen and oxygen atoms in total. The topological polar surface area (TPSA) is 69.2 Å². The van der Waals surface area contributed by atoms with Crippen molar-refractivity contribution in [2.45, 2.75) is 50.8 Å². The first-order valence-electron chi connectivity index (χ1n) is 8.33. The molecule has 0 aromatic carbocycles. The SMILES string of the molecule is CO[C@@H]1C[C@@H](c2nncn2C)N(Cc2noc3c2CCCC3)C1. The van der Waals surface area contributed by atoms with Crippen molar-refractivity contribution in [3.8, 4) is 0 Å². The Bertz CT molecular complexity index is 680. The second kappa shape index (κ2) is 6.05. The molecule has 2 aromatic rings. The van der Waals surface area contributed by atoms with Gasteiger partial charge in [0.15, 0.2) is 0 Å². The zero-order valence-electron chi connectivity index (χ0n) is 13.7. The first-order valence-corrected chi connectivity index (χ1v) is 8.33. The third-order valence-electron chi connectivity index (χ3n) is 5.13. The standard InChI is InChI=1S/C16H23N5O2/c1-20-10-17-18-16(20)14-7-11(22-2)8-21(14)9-13-12-5-3-4-6-15(12)23-19-13/h10-11,14H,3-9H2,1-2H3/t11-,14+/m1/s1. The van der Waals surface area contributed by atoms with E-state index in [2.05, 4.69) is 20.3 Å². The normalized spacial score (nSPS) is 25.0. The van der Waals surface area contributed by atoms with Crippen LogP contribution in [0.3, 0.4) is 0 Å². The average molecular weight is 317 g/mol. The molecule has 2 aliphatic rings. The van der Waals surface area contributed by atoms with Gasteiger partial charge in [0.2, 0.25) is 0 Å². The Kier molecular flexibility index (Phi) is 3.90. The lowest BCUT2D eigenvalue weighted by atomic mass is 9.96. The van der Waals surface area contributed by atoms with Crippen molar-refractivity contribution in [2.24, 2.45) is 7.05 Å². The number of rotatable bonds is 4. The molecule has 1 aliphatic heterocycles. The summed E-state index contributed by atoms with van der Waals surface area (Å²) in [7, 11) is 3.77. The smallest absolute Gasteiger partial charge is 0.150 e. The molecule has 0 bridgehead atoms. The van der Waals surface area contributed by atoms with E-state index in [4.69, 9.17) is 9.26 Å². The Morgan fingerprint density at radius 2 is 2.22 bits per heavy atom. The molecule has 1 fully saturated rings. The van der Waals surface area contributed by atoms with E-state index in [9.17, 15) is 0 Å². The predicted octanol–water partition coefficient (Wildman–Crippen LogP) is 1.64. The molecule has 2 atom stereocenters. The highest BCUT2D eigenvalue weighted by atomic mass is 16.5. The molecule has 124 valence electrons. The third-order valence-corrected chi connectivity index (χ3v) is 5.13. The molecule has 0 saturated carbocycles. The van der Waals surface area contributed by atoms with E-state index in [0.717, 1.165) is 49.6 Å². The van der Waals surface area contributed by atoms with E-state index < -0.39 is 0 Å². The fourth-order valence-electron chi connectivity index (χ4n) is 3.84. The van der Waals surface area contributed by atoms with E-state index in [1.807, 2.05) is 11.6 Å². The molecular formula is C16H23N5O2. The van der Waals surface area contributed by atoms with Gasteiger partial charge in [-0.2, -0.15) is 0 Å². The van der Waals surface area contributed by atoms with Gasteiger partial charge in [-0.1, -0.05) is 5.16 Å². The van der Waals surface area contributed by atoms with Crippen molar-refractivity contribution in [1.82, 2.24) is 24.8 Å². The summed E-state index contributed by atoms with van der Waals surface area (Å²) in [4.78, 5) is 2.39. The van der Waals surface area contributed by atoms with Gasteiger partial charge in [-0.25, -0.2) is 0 Å². The van der Waals surface area contributed by atoms with Gasteiger partial charge in [-0.3, -0.25) is 4.90 Å². The van der Waals surface area contributed by atoms with Gasteiger partial charge < -0.3 is 13.8 Å². The molecule has 0 N–H and O–H groups in total. The van der Waals surface area contributed by atoms with E-state index in [-0.39, 0.29) is 12.1 Å². The average Bonchev–Trinajstić information content (AvgIpc) is 3.27. The molecule has 3 heterocycles. The second-order valence-corrected chi connectivity index (χ2v) is 6.58. The molecule has 2 aromatic heterocycles. The number of fused-ring (bicyclic) bond motifs is 1. The highest BCUT2D eigenvalue weighted by Crippen LogP contribution is 2.34. The predicted molar refractivity (Wildman–Crippen MR) is 82.7 cm³/mol. The highest BCUT2D eigenvalue weighted by molar-refractivity contribution is 5.25. The lowest BCUT2D eigenvalue weighted by molar-refractivity contribution is 0.107. The van der Waals surface area contributed by atoms with E-state index >= 15 is 0 Å². The molecular weight excluding hydrogens is 294 g/mol. The summed E-state index contributed by atoms with van der Waals surface area (Å²) in [5, 5.41) is 12.7. The highest BCUT2D eigenvalue weighted by Gasteiger charge is 2.37. The zero-order chi connectivity index (χ0) is 15.8. The van der Waals surface area contributed by atoms with Gasteiger partial charge in [-0.05, 0) is 25.7 Å². The van der Waals surface area contributed by atoms with E-state index in [0.29, 0.717) is 0 Å². The van der Waals surface area contributed by atoms with Crippen LogP contribution in [0, 0.1) is 0 Å². The number of ether oxygens (including phenoxy) is 1.